The van der Waals surface area contributed by atoms with Crippen molar-refractivity contribution in [3.8, 4) is 0 Å². The van der Waals surface area contributed by atoms with E-state index in [2.05, 4.69) is 24.3 Å². The second-order valence-corrected chi connectivity index (χ2v) is 4.32. The van der Waals surface area contributed by atoms with Crippen LogP contribution in [0.4, 0.5) is 0 Å². The molecule has 0 aromatic rings. The van der Waals surface area contributed by atoms with Gasteiger partial charge in [-0.2, -0.15) is 0 Å². The molecule has 1 aliphatic rings. The van der Waals surface area contributed by atoms with Crippen LogP contribution in [-0.4, -0.2) is 21.7 Å². The third kappa shape index (κ3) is 1.51. The second kappa shape index (κ2) is 2.10. The van der Waals surface area contributed by atoms with Crippen LogP contribution in [0.5, 0.6) is 0 Å². The molecule has 1 saturated heterocycles. The van der Waals surface area contributed by atoms with Gasteiger partial charge in [0, 0.05) is 11.3 Å². The predicted molar refractivity (Wildman–Crippen MR) is 38.9 cm³/mol. The van der Waals surface area contributed by atoms with Crippen LogP contribution in [0.1, 0.15) is 13.8 Å². The molecule has 1 aliphatic heterocycles. The molecule has 1 heterocycles. The first kappa shape index (κ1) is 6.74. The quantitative estimate of drug-likeness (QED) is 0.393. The van der Waals surface area contributed by atoms with Gasteiger partial charge in [0.25, 0.3) is 0 Å². The number of rotatable bonds is 0. The summed E-state index contributed by atoms with van der Waals surface area (Å²) >= 11 is 1.56. The Bertz CT molecular complexity index is 144. The van der Waals surface area contributed by atoms with Gasteiger partial charge >= 0.3 is 0 Å². The minimum Gasteiger partial charge on any atom is -0.409 e. The van der Waals surface area contributed by atoms with Crippen molar-refractivity contribution < 1.29 is 5.21 Å². The topological polar surface area (TPSA) is 44.6 Å². The maximum absolute atomic E-state index is 8.30. The molecule has 0 saturated carbocycles. The van der Waals surface area contributed by atoms with E-state index in [0.29, 0.717) is 5.17 Å². The minimum atomic E-state index is 0.182. The first-order chi connectivity index (χ1) is 4.14. The highest BCUT2D eigenvalue weighted by molar-refractivity contribution is 8.15. The molecule has 2 N–H and O–H groups in total. The van der Waals surface area contributed by atoms with Gasteiger partial charge in [-0.15, -0.1) is 0 Å². The summed E-state index contributed by atoms with van der Waals surface area (Å²) in [4.78, 5) is 0. The van der Waals surface area contributed by atoms with Gasteiger partial charge in [0.05, 0.1) is 0 Å². The maximum Gasteiger partial charge on any atom is 0.200 e. The van der Waals surface area contributed by atoms with E-state index in [1.807, 2.05) is 0 Å². The molecule has 0 amide bonds. The van der Waals surface area contributed by atoms with Crippen LogP contribution in [0.2, 0.25) is 0 Å². The molecular weight excluding hydrogens is 136 g/mol. The molecular formula is C5H10N2OS. The molecule has 1 fully saturated rings. The summed E-state index contributed by atoms with van der Waals surface area (Å²) in [5.41, 5.74) is 0. The van der Waals surface area contributed by atoms with Crippen molar-refractivity contribution in [1.29, 1.82) is 0 Å². The van der Waals surface area contributed by atoms with Crippen LogP contribution >= 0.6 is 11.8 Å². The number of oxime groups is 1. The monoisotopic (exact) mass is 146 g/mol. The Morgan fingerprint density at radius 1 is 1.78 bits per heavy atom. The number of nitrogens with one attached hydrogen (secondary N) is 1. The predicted octanol–water partition coefficient (Wildman–Crippen LogP) is 0.847. The number of nitrogens with zero attached hydrogens (tertiary/aromatic N) is 1. The Morgan fingerprint density at radius 2 is 2.44 bits per heavy atom. The Morgan fingerprint density at radius 3 is 2.67 bits per heavy atom. The van der Waals surface area contributed by atoms with E-state index in [1.54, 1.807) is 11.8 Å². The maximum atomic E-state index is 8.30. The van der Waals surface area contributed by atoms with E-state index in [-0.39, 0.29) is 4.75 Å². The van der Waals surface area contributed by atoms with Crippen molar-refractivity contribution in [2.75, 3.05) is 6.54 Å². The lowest BCUT2D eigenvalue weighted by Gasteiger charge is -2.10. The summed E-state index contributed by atoms with van der Waals surface area (Å²) in [6, 6.07) is 0. The fourth-order valence-corrected chi connectivity index (χ4v) is 1.53. The summed E-state index contributed by atoms with van der Waals surface area (Å²) in [5, 5.41) is 14.9. The van der Waals surface area contributed by atoms with Gasteiger partial charge in [-0.1, -0.05) is 16.9 Å². The van der Waals surface area contributed by atoms with Crippen LogP contribution in [0.3, 0.4) is 0 Å². The lowest BCUT2D eigenvalue weighted by molar-refractivity contribution is 0.319. The molecule has 0 aliphatic carbocycles. The van der Waals surface area contributed by atoms with E-state index in [0.717, 1.165) is 6.54 Å². The SMILES string of the molecule is CC1(C)CN/C(=N\O)S1. The molecule has 0 spiro atoms. The number of amidine groups is 1. The van der Waals surface area contributed by atoms with E-state index in [1.165, 1.54) is 0 Å². The summed E-state index contributed by atoms with van der Waals surface area (Å²) in [6.45, 7) is 5.07. The highest BCUT2D eigenvalue weighted by atomic mass is 32.2. The Kier molecular flexibility index (Phi) is 1.57. The van der Waals surface area contributed by atoms with Crippen LogP contribution in [-0.2, 0) is 0 Å². The molecule has 0 unspecified atom stereocenters. The van der Waals surface area contributed by atoms with Crippen molar-refractivity contribution in [3.63, 3.8) is 0 Å². The highest BCUT2D eigenvalue weighted by Gasteiger charge is 2.28. The minimum absolute atomic E-state index is 0.182. The highest BCUT2D eigenvalue weighted by Crippen LogP contribution is 2.28. The van der Waals surface area contributed by atoms with Gasteiger partial charge < -0.3 is 10.5 Å². The summed E-state index contributed by atoms with van der Waals surface area (Å²) in [7, 11) is 0. The zero-order chi connectivity index (χ0) is 6.91. The standard InChI is InChI=1S/C5H10N2OS/c1-5(2)3-6-4(7-8)9-5/h8H,3H2,1-2H3,(H,6,7). The first-order valence-corrected chi connectivity index (χ1v) is 3.61. The lowest BCUT2D eigenvalue weighted by Crippen LogP contribution is -2.21. The second-order valence-electron chi connectivity index (χ2n) is 2.62. The fraction of sp³-hybridized carbons (Fsp3) is 0.800. The number of thioether (sulfide) groups is 1. The zero-order valence-corrected chi connectivity index (χ0v) is 6.33. The molecule has 0 bridgehead atoms. The van der Waals surface area contributed by atoms with Crippen LogP contribution in [0, 0.1) is 0 Å². The smallest absolute Gasteiger partial charge is 0.200 e. The Labute approximate surface area is 58.5 Å². The van der Waals surface area contributed by atoms with Crippen LogP contribution in [0.25, 0.3) is 0 Å². The van der Waals surface area contributed by atoms with Crippen molar-refractivity contribution in [1.82, 2.24) is 5.32 Å². The molecule has 0 aromatic heterocycles. The normalized spacial score (nSPS) is 28.4. The van der Waals surface area contributed by atoms with Crippen molar-refractivity contribution in [2.24, 2.45) is 5.16 Å². The molecule has 0 radical (unpaired) electrons. The Hall–Kier alpha value is -0.380. The number of hydrogen-bond acceptors (Lipinski definition) is 3. The molecule has 1 rings (SSSR count). The van der Waals surface area contributed by atoms with Gasteiger partial charge in [0.1, 0.15) is 0 Å². The van der Waals surface area contributed by atoms with Crippen molar-refractivity contribution in [3.05, 3.63) is 0 Å². The summed E-state index contributed by atoms with van der Waals surface area (Å²) < 4.78 is 0.182. The number of hydrogen-bond donors (Lipinski definition) is 2. The van der Waals surface area contributed by atoms with Gasteiger partial charge in [0.15, 0.2) is 0 Å². The lowest BCUT2D eigenvalue weighted by atomic mass is 10.2. The van der Waals surface area contributed by atoms with Crippen LogP contribution < -0.4 is 5.32 Å². The van der Waals surface area contributed by atoms with Crippen molar-refractivity contribution in [2.45, 2.75) is 18.6 Å². The molecule has 52 valence electrons. The van der Waals surface area contributed by atoms with Gasteiger partial charge in [0.2, 0.25) is 5.17 Å². The van der Waals surface area contributed by atoms with E-state index < -0.39 is 0 Å². The largest absolute Gasteiger partial charge is 0.409 e. The van der Waals surface area contributed by atoms with Crippen LogP contribution in [0.15, 0.2) is 5.16 Å². The summed E-state index contributed by atoms with van der Waals surface area (Å²) in [6.07, 6.45) is 0. The van der Waals surface area contributed by atoms with Gasteiger partial charge in [-0.05, 0) is 13.8 Å². The fourth-order valence-electron chi connectivity index (χ4n) is 0.678. The third-order valence-electron chi connectivity index (χ3n) is 1.13. The first-order valence-electron chi connectivity index (χ1n) is 2.79. The molecule has 4 heteroatoms. The zero-order valence-electron chi connectivity index (χ0n) is 5.51. The Balaban J connectivity index is 2.57. The molecule has 0 aromatic carbocycles. The molecule has 9 heavy (non-hydrogen) atoms. The summed E-state index contributed by atoms with van der Waals surface area (Å²) in [5.74, 6) is 0. The average Bonchev–Trinajstić information content (AvgIpc) is 2.10. The average molecular weight is 146 g/mol. The molecule has 0 atom stereocenters. The van der Waals surface area contributed by atoms with E-state index >= 15 is 0 Å². The van der Waals surface area contributed by atoms with Gasteiger partial charge in [-0.25, -0.2) is 0 Å². The van der Waals surface area contributed by atoms with E-state index in [4.69, 9.17) is 5.21 Å². The van der Waals surface area contributed by atoms with E-state index in [9.17, 15) is 0 Å². The van der Waals surface area contributed by atoms with Crippen molar-refractivity contribution >= 4 is 16.9 Å². The van der Waals surface area contributed by atoms with Gasteiger partial charge in [-0.3, -0.25) is 0 Å². The third-order valence-corrected chi connectivity index (χ3v) is 2.25. The molecule has 3 nitrogen and oxygen atoms in total.